The quantitative estimate of drug-likeness (QED) is 0.651. The van der Waals surface area contributed by atoms with Gasteiger partial charge in [0, 0.05) is 17.7 Å². The van der Waals surface area contributed by atoms with Crippen LogP contribution in [0.2, 0.25) is 0 Å². The van der Waals surface area contributed by atoms with E-state index in [1.165, 1.54) is 6.08 Å². The van der Waals surface area contributed by atoms with Crippen LogP contribution < -0.4 is 10.9 Å². The van der Waals surface area contributed by atoms with Crippen molar-refractivity contribution in [2.24, 2.45) is 10.9 Å². The molecule has 90 valence electrons. The first-order valence-electron chi connectivity index (χ1n) is 4.33. The Hall–Kier alpha value is -0.510. The molecule has 1 unspecified atom stereocenters. The smallest absolute Gasteiger partial charge is 0.244 e. The first-order chi connectivity index (χ1) is 7.22. The molecule has 0 aromatic rings. The lowest BCUT2D eigenvalue weighted by Crippen LogP contribution is -2.28. The molecule has 0 saturated carbocycles. The Morgan fingerprint density at radius 2 is 2.06 bits per heavy atom. The van der Waals surface area contributed by atoms with E-state index in [0.717, 1.165) is 11.8 Å². The highest BCUT2D eigenvalue weighted by molar-refractivity contribution is 8.24. The summed E-state index contributed by atoms with van der Waals surface area (Å²) in [5.74, 6) is -0.0499. The molecule has 0 fully saturated rings. The van der Waals surface area contributed by atoms with Gasteiger partial charge < -0.3 is 5.73 Å². The second kappa shape index (κ2) is 3.49. The third-order valence-corrected chi connectivity index (χ3v) is 7.71. The monoisotopic (exact) mass is 282 g/mol. The molecule has 0 aliphatic carbocycles. The Morgan fingerprint density at radius 1 is 1.44 bits per heavy atom. The minimum atomic E-state index is -3.86. The second-order valence-corrected chi connectivity index (χ2v) is 8.99. The SMILES string of the molecule is NC1=C2C=C(S(N)(=O)=O)SC2S(=O)(=O)CC1. The molecule has 4 N–H and O–H groups in total. The summed E-state index contributed by atoms with van der Waals surface area (Å²) in [6.45, 7) is 0. The highest BCUT2D eigenvalue weighted by Gasteiger charge is 2.41. The Labute approximate surface area is 97.7 Å². The summed E-state index contributed by atoms with van der Waals surface area (Å²) in [6, 6.07) is 0. The van der Waals surface area contributed by atoms with E-state index >= 15 is 0 Å². The molecule has 0 saturated heterocycles. The predicted molar refractivity (Wildman–Crippen MR) is 62.2 cm³/mol. The fourth-order valence-corrected chi connectivity index (χ4v) is 6.12. The molecule has 2 heterocycles. The summed E-state index contributed by atoms with van der Waals surface area (Å²) in [6.07, 6.45) is 1.50. The molecule has 0 amide bonds. The van der Waals surface area contributed by atoms with Crippen molar-refractivity contribution in [1.82, 2.24) is 0 Å². The molecule has 0 bridgehead atoms. The van der Waals surface area contributed by atoms with Crippen LogP contribution in [0.15, 0.2) is 21.6 Å². The summed E-state index contributed by atoms with van der Waals surface area (Å²) in [7, 11) is -7.20. The molecule has 2 aliphatic rings. The number of sulfonamides is 1. The van der Waals surface area contributed by atoms with E-state index in [1.807, 2.05) is 0 Å². The van der Waals surface area contributed by atoms with Crippen LogP contribution in [-0.2, 0) is 19.9 Å². The van der Waals surface area contributed by atoms with Gasteiger partial charge in [0.25, 0.3) is 0 Å². The number of hydrogen-bond acceptors (Lipinski definition) is 6. The summed E-state index contributed by atoms with van der Waals surface area (Å²) in [4.78, 5) is 0. The van der Waals surface area contributed by atoms with E-state index < -0.39 is 24.4 Å². The van der Waals surface area contributed by atoms with E-state index in [4.69, 9.17) is 10.9 Å². The van der Waals surface area contributed by atoms with E-state index in [0.29, 0.717) is 11.3 Å². The van der Waals surface area contributed by atoms with Crippen LogP contribution in [0.3, 0.4) is 0 Å². The lowest BCUT2D eigenvalue weighted by molar-refractivity contribution is 0.592. The fraction of sp³-hybridized carbons (Fsp3) is 0.429. The van der Waals surface area contributed by atoms with E-state index in [-0.39, 0.29) is 16.4 Å². The molecular weight excluding hydrogens is 272 g/mol. The maximum absolute atomic E-state index is 11.7. The van der Waals surface area contributed by atoms with Crippen molar-refractivity contribution in [3.63, 3.8) is 0 Å². The minimum absolute atomic E-state index is 0.0499. The number of hydrogen-bond donors (Lipinski definition) is 2. The van der Waals surface area contributed by atoms with Crippen LogP contribution in [0.5, 0.6) is 0 Å². The van der Waals surface area contributed by atoms with Gasteiger partial charge in [-0.05, 0) is 6.08 Å². The molecular formula is C7H10N2O4S3. The Bertz CT molecular complexity index is 600. The number of primary sulfonamides is 1. The van der Waals surface area contributed by atoms with E-state index in [9.17, 15) is 16.8 Å². The van der Waals surface area contributed by atoms with Crippen LogP contribution in [0.4, 0.5) is 0 Å². The van der Waals surface area contributed by atoms with Crippen molar-refractivity contribution in [1.29, 1.82) is 0 Å². The molecule has 0 radical (unpaired) electrons. The molecule has 0 spiro atoms. The first-order valence-corrected chi connectivity index (χ1v) is 8.47. The molecule has 9 heteroatoms. The van der Waals surface area contributed by atoms with Gasteiger partial charge >= 0.3 is 0 Å². The van der Waals surface area contributed by atoms with Gasteiger partial charge in [-0.2, -0.15) is 0 Å². The molecule has 0 aromatic heterocycles. The van der Waals surface area contributed by atoms with Crippen LogP contribution >= 0.6 is 11.8 Å². The maximum Gasteiger partial charge on any atom is 0.244 e. The number of allylic oxidation sites excluding steroid dienone is 2. The van der Waals surface area contributed by atoms with Crippen molar-refractivity contribution in [2.75, 3.05) is 5.75 Å². The lowest BCUT2D eigenvalue weighted by atomic mass is 10.2. The van der Waals surface area contributed by atoms with E-state index in [1.54, 1.807) is 0 Å². The van der Waals surface area contributed by atoms with Gasteiger partial charge in [-0.1, -0.05) is 11.8 Å². The summed E-state index contributed by atoms with van der Waals surface area (Å²) < 4.78 is 44.6. The van der Waals surface area contributed by atoms with Crippen molar-refractivity contribution in [3.8, 4) is 0 Å². The third kappa shape index (κ3) is 1.88. The average molecular weight is 282 g/mol. The summed E-state index contributed by atoms with van der Waals surface area (Å²) >= 11 is 0.735. The van der Waals surface area contributed by atoms with Crippen LogP contribution in [0.25, 0.3) is 0 Å². The largest absolute Gasteiger partial charge is 0.402 e. The molecule has 2 rings (SSSR count). The molecule has 2 aliphatic heterocycles. The predicted octanol–water partition coefficient (Wildman–Crippen LogP) is -0.779. The molecule has 16 heavy (non-hydrogen) atoms. The van der Waals surface area contributed by atoms with Crippen LogP contribution in [-0.4, -0.2) is 27.2 Å². The van der Waals surface area contributed by atoms with Gasteiger partial charge in [-0.3, -0.25) is 0 Å². The zero-order valence-corrected chi connectivity index (χ0v) is 10.5. The van der Waals surface area contributed by atoms with Gasteiger partial charge in [0.2, 0.25) is 10.0 Å². The zero-order valence-electron chi connectivity index (χ0n) is 8.08. The van der Waals surface area contributed by atoms with Crippen molar-refractivity contribution >= 4 is 31.6 Å². The number of nitrogens with two attached hydrogens (primary N) is 2. The summed E-state index contributed by atoms with van der Waals surface area (Å²) in [5.41, 5.74) is 6.45. The minimum Gasteiger partial charge on any atom is -0.402 e. The topological polar surface area (TPSA) is 120 Å². The highest BCUT2D eigenvalue weighted by Crippen LogP contribution is 2.44. The molecule has 0 aromatic carbocycles. The van der Waals surface area contributed by atoms with Crippen LogP contribution in [0.1, 0.15) is 6.42 Å². The Kier molecular flexibility index (Phi) is 2.61. The number of thioether (sulfide) groups is 1. The van der Waals surface area contributed by atoms with Gasteiger partial charge in [0.1, 0.15) is 8.82 Å². The van der Waals surface area contributed by atoms with Gasteiger partial charge in [-0.15, -0.1) is 0 Å². The highest BCUT2D eigenvalue weighted by atomic mass is 32.3. The maximum atomic E-state index is 11.7. The summed E-state index contributed by atoms with van der Waals surface area (Å²) in [5, 5.41) is 4.95. The average Bonchev–Trinajstić information content (AvgIpc) is 2.57. The second-order valence-electron chi connectivity index (χ2n) is 3.56. The standard InChI is InChI=1S/C7H10N2O4S3/c8-5-1-2-15(10,11)7-4(5)3-6(14-7)16(9,12)13/h3,7H,1-2,8H2,(H2,9,12,13). The fourth-order valence-electron chi connectivity index (χ4n) is 1.56. The normalized spacial score (nSPS) is 28.8. The van der Waals surface area contributed by atoms with E-state index in [2.05, 4.69) is 0 Å². The number of rotatable bonds is 1. The number of sulfone groups is 1. The van der Waals surface area contributed by atoms with Gasteiger partial charge in [0.15, 0.2) is 9.84 Å². The Morgan fingerprint density at radius 3 is 2.56 bits per heavy atom. The van der Waals surface area contributed by atoms with Gasteiger partial charge in [0.05, 0.1) is 5.75 Å². The number of fused-ring (bicyclic) bond motifs is 1. The lowest BCUT2D eigenvalue weighted by Gasteiger charge is -2.20. The third-order valence-electron chi connectivity index (χ3n) is 2.38. The molecule has 6 nitrogen and oxygen atoms in total. The first kappa shape index (κ1) is 12.0. The van der Waals surface area contributed by atoms with Crippen molar-refractivity contribution in [3.05, 3.63) is 21.6 Å². The zero-order chi connectivity index (χ0) is 12.1. The van der Waals surface area contributed by atoms with Crippen molar-refractivity contribution < 1.29 is 16.8 Å². The van der Waals surface area contributed by atoms with Crippen LogP contribution in [0, 0.1) is 0 Å². The molecule has 1 atom stereocenters. The Balaban J connectivity index is 2.54. The van der Waals surface area contributed by atoms with Gasteiger partial charge in [-0.25, -0.2) is 22.0 Å². The van der Waals surface area contributed by atoms with Crippen molar-refractivity contribution in [2.45, 2.75) is 11.0 Å².